The molecule has 4 amide bonds. The molecule has 11 heteroatoms. The van der Waals surface area contributed by atoms with E-state index in [-0.39, 0.29) is 30.5 Å². The molecular weight excluding hydrogens is 538 g/mol. The Kier molecular flexibility index (Phi) is 8.23. The number of amides is 4. The molecule has 0 spiro atoms. The van der Waals surface area contributed by atoms with Gasteiger partial charge < -0.3 is 5.32 Å². The molecule has 1 unspecified atom stereocenters. The normalized spacial score (nSPS) is 16.7. The van der Waals surface area contributed by atoms with E-state index in [1.165, 1.54) is 31.7 Å². The topological polar surface area (TPSA) is 104 Å². The molecule has 3 aromatic rings. The summed E-state index contributed by atoms with van der Waals surface area (Å²) < 4.78 is 2.97. The molecule has 0 bridgehead atoms. The zero-order valence-electron chi connectivity index (χ0n) is 21.1. The maximum atomic E-state index is 13.4. The minimum atomic E-state index is -0.500. The number of carbonyl (C=O) groups is 3. The van der Waals surface area contributed by atoms with Crippen molar-refractivity contribution >= 4 is 52.6 Å². The van der Waals surface area contributed by atoms with Gasteiger partial charge in [0.2, 0.25) is 5.91 Å². The van der Waals surface area contributed by atoms with Crippen LogP contribution in [0.25, 0.3) is 5.65 Å². The van der Waals surface area contributed by atoms with Crippen LogP contribution in [0.3, 0.4) is 0 Å². The number of benzene rings is 1. The first-order valence-corrected chi connectivity index (χ1v) is 14.0. The molecule has 2 aromatic heterocycles. The standard InChI is InChI=1S/C28H26ClN5O4S/c29-21-9-4-3-8-19(21)17-30-24(35)11-2-1-6-14-33-27(37)26-22(12-15-39-26)34(28(33)38)18-20-16-25(36)32-13-7-5-10-23(32)31-20/h3-5,7-10,12-13,15-16,26H,1-2,6,11,14,17-18H2/p+1. The molecule has 5 rings (SSSR count). The Balaban J connectivity index is 1.18. The van der Waals surface area contributed by atoms with Crippen molar-refractivity contribution in [2.24, 2.45) is 0 Å². The first kappa shape index (κ1) is 26.8. The SMILES string of the molecule is O=C(CCCCCN1C(=O)C2SC=CC2=[N+](Cc2cc(=O)n3ccccc3n2)C1=O)NCc1ccccc1Cl. The Morgan fingerprint density at radius 1 is 1.08 bits per heavy atom. The van der Waals surface area contributed by atoms with E-state index in [2.05, 4.69) is 10.3 Å². The lowest BCUT2D eigenvalue weighted by Gasteiger charge is -2.24. The number of unbranched alkanes of at least 4 members (excludes halogenated alkanes) is 2. The Morgan fingerprint density at radius 2 is 1.90 bits per heavy atom. The van der Waals surface area contributed by atoms with Gasteiger partial charge in [-0.25, -0.2) is 9.78 Å². The van der Waals surface area contributed by atoms with E-state index in [0.717, 1.165) is 5.56 Å². The van der Waals surface area contributed by atoms with Crippen molar-refractivity contribution in [3.8, 4) is 0 Å². The van der Waals surface area contributed by atoms with E-state index in [9.17, 15) is 19.2 Å². The fourth-order valence-electron chi connectivity index (χ4n) is 4.62. The van der Waals surface area contributed by atoms with Gasteiger partial charge in [-0.2, -0.15) is 14.3 Å². The second-order valence-corrected chi connectivity index (χ2v) is 10.7. The molecule has 0 radical (unpaired) electrons. The molecule has 0 fully saturated rings. The van der Waals surface area contributed by atoms with Gasteiger partial charge in [0.05, 0.1) is 12.2 Å². The van der Waals surface area contributed by atoms with Crippen molar-refractivity contribution in [3.63, 3.8) is 0 Å². The molecule has 0 aliphatic carbocycles. The maximum Gasteiger partial charge on any atom is 0.501 e. The number of nitrogens with one attached hydrogen (secondary N) is 1. The highest BCUT2D eigenvalue weighted by atomic mass is 35.5. The van der Waals surface area contributed by atoms with Crippen molar-refractivity contribution < 1.29 is 19.0 Å². The third-order valence-corrected chi connectivity index (χ3v) is 8.03. The molecule has 0 saturated carbocycles. The molecule has 39 heavy (non-hydrogen) atoms. The summed E-state index contributed by atoms with van der Waals surface area (Å²) in [5, 5.41) is 4.80. The fourth-order valence-corrected chi connectivity index (χ4v) is 5.79. The van der Waals surface area contributed by atoms with Crippen LogP contribution in [0.15, 0.2) is 71.0 Å². The third-order valence-electron chi connectivity index (χ3n) is 6.65. The first-order valence-electron chi connectivity index (χ1n) is 12.7. The molecule has 1 aromatic carbocycles. The molecule has 1 N–H and O–H groups in total. The van der Waals surface area contributed by atoms with Crippen molar-refractivity contribution in [2.75, 3.05) is 6.54 Å². The van der Waals surface area contributed by atoms with Crippen LogP contribution in [0.5, 0.6) is 0 Å². The molecule has 2 aliphatic heterocycles. The van der Waals surface area contributed by atoms with Crippen LogP contribution in [0.4, 0.5) is 4.79 Å². The van der Waals surface area contributed by atoms with Gasteiger partial charge in [0, 0.05) is 30.3 Å². The monoisotopic (exact) mass is 564 g/mol. The minimum Gasteiger partial charge on any atom is -0.352 e. The van der Waals surface area contributed by atoms with Crippen molar-refractivity contribution in [3.05, 3.63) is 92.8 Å². The van der Waals surface area contributed by atoms with E-state index < -0.39 is 11.3 Å². The number of thioether (sulfide) groups is 1. The van der Waals surface area contributed by atoms with E-state index in [1.54, 1.807) is 36.5 Å². The average molecular weight is 565 g/mol. The number of pyridine rings is 1. The van der Waals surface area contributed by atoms with E-state index >= 15 is 0 Å². The molecule has 9 nitrogen and oxygen atoms in total. The second kappa shape index (κ2) is 12.0. The summed E-state index contributed by atoms with van der Waals surface area (Å²) in [5.74, 6) is -0.317. The number of fused-ring (bicyclic) bond motifs is 2. The summed E-state index contributed by atoms with van der Waals surface area (Å²) in [5.41, 5.74) is 2.18. The number of halogens is 1. The zero-order chi connectivity index (χ0) is 27.4. The van der Waals surface area contributed by atoms with E-state index in [1.807, 2.05) is 23.6 Å². The first-order chi connectivity index (χ1) is 18.9. The largest absolute Gasteiger partial charge is 0.501 e. The Hall–Kier alpha value is -3.76. The van der Waals surface area contributed by atoms with Crippen LogP contribution < -0.4 is 10.9 Å². The number of imide groups is 1. The lowest BCUT2D eigenvalue weighted by Crippen LogP contribution is -2.55. The maximum absolute atomic E-state index is 13.4. The molecule has 2 aliphatic rings. The van der Waals surface area contributed by atoms with Gasteiger partial charge in [-0.05, 0) is 54.5 Å². The minimum absolute atomic E-state index is 0.0716. The molecular formula is C28H27ClN5O4S+. The smallest absolute Gasteiger partial charge is 0.352 e. The number of urea groups is 1. The lowest BCUT2D eigenvalue weighted by atomic mass is 10.1. The number of allylic oxidation sites excluding steroid dienone is 1. The fraction of sp³-hybridized carbons (Fsp3) is 0.286. The van der Waals surface area contributed by atoms with E-state index in [4.69, 9.17) is 11.6 Å². The van der Waals surface area contributed by atoms with Crippen LogP contribution in [0.2, 0.25) is 5.02 Å². The summed E-state index contributed by atoms with van der Waals surface area (Å²) in [6.45, 7) is 0.717. The Bertz CT molecular complexity index is 1570. The summed E-state index contributed by atoms with van der Waals surface area (Å²) in [6.07, 6.45) is 5.67. The highest BCUT2D eigenvalue weighted by Crippen LogP contribution is 2.28. The predicted molar refractivity (Wildman–Crippen MR) is 150 cm³/mol. The van der Waals surface area contributed by atoms with Gasteiger partial charge in [-0.3, -0.25) is 14.0 Å². The number of nitrogens with zero attached hydrogens (tertiary/aromatic N) is 4. The van der Waals surface area contributed by atoms with Crippen LogP contribution in [-0.4, -0.2) is 54.2 Å². The van der Waals surface area contributed by atoms with Gasteiger partial charge in [0.15, 0.2) is 5.25 Å². The molecule has 4 heterocycles. The van der Waals surface area contributed by atoms with Gasteiger partial charge >= 0.3 is 11.9 Å². The molecule has 200 valence electrons. The lowest BCUT2D eigenvalue weighted by molar-refractivity contribution is -0.455. The number of aromatic nitrogens is 2. The van der Waals surface area contributed by atoms with E-state index in [0.29, 0.717) is 54.3 Å². The van der Waals surface area contributed by atoms with Crippen LogP contribution in [0.1, 0.15) is 36.9 Å². The van der Waals surface area contributed by atoms with Gasteiger partial charge in [0.1, 0.15) is 17.9 Å². The quantitative estimate of drug-likeness (QED) is 0.297. The summed E-state index contributed by atoms with van der Waals surface area (Å²) >= 11 is 7.49. The van der Waals surface area contributed by atoms with Crippen LogP contribution >= 0.6 is 23.4 Å². The number of carbonyl (C=O) groups excluding carboxylic acids is 3. The van der Waals surface area contributed by atoms with Crippen molar-refractivity contribution in [1.82, 2.24) is 19.6 Å². The van der Waals surface area contributed by atoms with Crippen molar-refractivity contribution in [2.45, 2.75) is 44.0 Å². The van der Waals surface area contributed by atoms with Gasteiger partial charge in [-0.15, -0.1) is 11.8 Å². The number of hydrogen-bond donors (Lipinski definition) is 1. The van der Waals surface area contributed by atoms with Gasteiger partial charge in [-0.1, -0.05) is 35.9 Å². The summed E-state index contributed by atoms with van der Waals surface area (Å²) in [6, 6.07) is 13.6. The van der Waals surface area contributed by atoms with Gasteiger partial charge in [0.25, 0.3) is 5.56 Å². The predicted octanol–water partition coefficient (Wildman–Crippen LogP) is 3.77. The van der Waals surface area contributed by atoms with Crippen LogP contribution in [0, 0.1) is 0 Å². The second-order valence-electron chi connectivity index (χ2n) is 9.30. The highest BCUT2D eigenvalue weighted by Gasteiger charge is 2.48. The van der Waals surface area contributed by atoms with Crippen LogP contribution in [-0.2, 0) is 22.7 Å². The zero-order valence-corrected chi connectivity index (χ0v) is 22.7. The number of hydrogen-bond acceptors (Lipinski definition) is 6. The summed E-state index contributed by atoms with van der Waals surface area (Å²) in [7, 11) is 0. The van der Waals surface area contributed by atoms with Crippen molar-refractivity contribution in [1.29, 1.82) is 0 Å². The third kappa shape index (κ3) is 5.97. The highest BCUT2D eigenvalue weighted by molar-refractivity contribution is 8.04. The molecule has 0 saturated heterocycles. The summed E-state index contributed by atoms with van der Waals surface area (Å²) in [4.78, 5) is 57.1. The average Bonchev–Trinajstić information content (AvgIpc) is 3.42. The Labute approximate surface area is 234 Å². The Morgan fingerprint density at radius 3 is 2.74 bits per heavy atom. The number of rotatable bonds is 10. The molecule has 1 atom stereocenters.